The Labute approximate surface area is 296 Å². The van der Waals surface area contributed by atoms with Crippen LogP contribution in [0.5, 0.6) is 0 Å². The number of allylic oxidation sites excluding steroid dienone is 3. The van der Waals surface area contributed by atoms with Crippen LogP contribution in [0, 0.1) is 0 Å². The monoisotopic (exact) mass is 702 g/mol. The highest BCUT2D eigenvalue weighted by molar-refractivity contribution is 7.47. The van der Waals surface area contributed by atoms with Gasteiger partial charge in [-0.2, -0.15) is 0 Å². The van der Waals surface area contributed by atoms with Crippen LogP contribution < -0.4 is 5.73 Å². The molecular formula is C39H76NO7P. The number of hydrogen-bond donors (Lipinski definition) is 2. The van der Waals surface area contributed by atoms with Gasteiger partial charge in [0.05, 0.1) is 19.5 Å². The molecule has 0 aliphatic rings. The van der Waals surface area contributed by atoms with E-state index in [0.29, 0.717) is 6.42 Å². The van der Waals surface area contributed by atoms with E-state index >= 15 is 0 Å². The van der Waals surface area contributed by atoms with Gasteiger partial charge in [0.25, 0.3) is 0 Å². The second-order valence-corrected chi connectivity index (χ2v) is 14.7. The molecule has 0 radical (unpaired) electrons. The highest BCUT2D eigenvalue weighted by Crippen LogP contribution is 2.43. The maximum Gasteiger partial charge on any atom is 0.472 e. The molecule has 0 aromatic carbocycles. The van der Waals surface area contributed by atoms with Crippen LogP contribution in [0.2, 0.25) is 0 Å². The van der Waals surface area contributed by atoms with Crippen molar-refractivity contribution in [3.8, 4) is 0 Å². The lowest BCUT2D eigenvalue weighted by Gasteiger charge is -2.19. The molecule has 1 unspecified atom stereocenters. The minimum Gasteiger partial charge on any atom is -0.498 e. The maximum atomic E-state index is 12.5. The summed E-state index contributed by atoms with van der Waals surface area (Å²) in [6, 6.07) is 0. The molecule has 0 amide bonds. The number of carbonyl (C=O) groups excluding carboxylic acids is 1. The number of nitrogens with two attached hydrogens (primary N) is 1. The summed E-state index contributed by atoms with van der Waals surface area (Å²) < 4.78 is 33.1. The average Bonchev–Trinajstić information content (AvgIpc) is 3.07. The zero-order valence-corrected chi connectivity index (χ0v) is 32.1. The van der Waals surface area contributed by atoms with Gasteiger partial charge in [-0.05, 0) is 51.0 Å². The van der Waals surface area contributed by atoms with E-state index in [1.807, 2.05) is 6.08 Å². The quantitative estimate of drug-likeness (QED) is 0.0215. The van der Waals surface area contributed by atoms with E-state index in [1.54, 1.807) is 6.26 Å². The minimum atomic E-state index is -4.28. The van der Waals surface area contributed by atoms with Crippen LogP contribution in [-0.4, -0.2) is 43.3 Å². The number of rotatable bonds is 38. The van der Waals surface area contributed by atoms with Crippen LogP contribution in [0.4, 0.5) is 0 Å². The highest BCUT2D eigenvalue weighted by atomic mass is 31.2. The summed E-state index contributed by atoms with van der Waals surface area (Å²) in [5.74, 6) is -0.353. The van der Waals surface area contributed by atoms with Gasteiger partial charge < -0.3 is 20.1 Å². The standard InChI is InChI=1S/C39H76NO7P/c1-3-5-7-9-11-13-15-17-18-19-21-23-25-27-29-31-34-44-36-38(37-46-48(42,43)45-35-33-40)47-39(41)32-30-28-26-24-22-20-16-14-12-10-8-6-4-2/h13,15,31,34,38H,3-12,14,16-30,32-33,35-37,40H2,1-2H3,(H,42,43)/b15-13-,34-31-/t38-/m1/s1. The van der Waals surface area contributed by atoms with Crippen molar-refractivity contribution in [2.45, 2.75) is 193 Å². The molecule has 0 saturated carbocycles. The fourth-order valence-electron chi connectivity index (χ4n) is 5.49. The van der Waals surface area contributed by atoms with Gasteiger partial charge in [-0.15, -0.1) is 0 Å². The molecule has 0 aliphatic heterocycles. The molecule has 0 saturated heterocycles. The van der Waals surface area contributed by atoms with E-state index in [0.717, 1.165) is 32.1 Å². The van der Waals surface area contributed by atoms with Crippen molar-refractivity contribution in [1.29, 1.82) is 0 Å². The summed E-state index contributed by atoms with van der Waals surface area (Å²) in [5, 5.41) is 0. The lowest BCUT2D eigenvalue weighted by Crippen LogP contribution is -2.27. The van der Waals surface area contributed by atoms with Crippen LogP contribution >= 0.6 is 7.82 Å². The normalized spacial score (nSPS) is 13.8. The van der Waals surface area contributed by atoms with Crippen molar-refractivity contribution in [2.24, 2.45) is 5.73 Å². The molecule has 284 valence electrons. The van der Waals surface area contributed by atoms with Crippen LogP contribution in [0.15, 0.2) is 24.5 Å². The van der Waals surface area contributed by atoms with Crippen molar-refractivity contribution >= 4 is 13.8 Å². The smallest absolute Gasteiger partial charge is 0.472 e. The number of ether oxygens (including phenoxy) is 2. The first-order valence-corrected chi connectivity index (χ1v) is 21.4. The number of hydrogen-bond acceptors (Lipinski definition) is 7. The Kier molecular flexibility index (Phi) is 36.2. The molecular weight excluding hydrogens is 625 g/mol. The summed E-state index contributed by atoms with van der Waals surface area (Å²) in [5.41, 5.74) is 5.35. The molecule has 0 aromatic rings. The minimum absolute atomic E-state index is 0.0327. The lowest BCUT2D eigenvalue weighted by atomic mass is 10.0. The first kappa shape index (κ1) is 46.8. The molecule has 0 spiro atoms. The topological polar surface area (TPSA) is 117 Å². The van der Waals surface area contributed by atoms with E-state index in [9.17, 15) is 14.3 Å². The van der Waals surface area contributed by atoms with Crippen molar-refractivity contribution in [3.63, 3.8) is 0 Å². The van der Waals surface area contributed by atoms with E-state index in [1.165, 1.54) is 135 Å². The Hall–Kier alpha value is -1.18. The predicted molar refractivity (Wildman–Crippen MR) is 201 cm³/mol. The summed E-state index contributed by atoms with van der Waals surface area (Å²) in [4.78, 5) is 22.4. The first-order chi connectivity index (χ1) is 23.4. The predicted octanol–water partition coefficient (Wildman–Crippen LogP) is 11.6. The summed E-state index contributed by atoms with van der Waals surface area (Å²) in [6.07, 6.45) is 39.9. The van der Waals surface area contributed by atoms with Gasteiger partial charge >= 0.3 is 13.8 Å². The molecule has 8 nitrogen and oxygen atoms in total. The largest absolute Gasteiger partial charge is 0.498 e. The maximum absolute atomic E-state index is 12.5. The highest BCUT2D eigenvalue weighted by Gasteiger charge is 2.25. The Balaban J connectivity index is 4.12. The molecule has 48 heavy (non-hydrogen) atoms. The molecule has 3 N–H and O–H groups in total. The van der Waals surface area contributed by atoms with Gasteiger partial charge in [0, 0.05) is 13.0 Å². The van der Waals surface area contributed by atoms with Gasteiger partial charge in [-0.3, -0.25) is 13.8 Å². The SMILES string of the molecule is CCCCCC/C=C\CCCCCCCC/C=C\OC[C@H](COP(=O)(O)OCCN)OC(=O)CCCCCCCCCCCCCCC. The van der Waals surface area contributed by atoms with Crippen molar-refractivity contribution in [1.82, 2.24) is 0 Å². The molecule has 0 bridgehead atoms. The summed E-state index contributed by atoms with van der Waals surface area (Å²) in [7, 11) is -4.28. The van der Waals surface area contributed by atoms with Gasteiger partial charge in [0.1, 0.15) is 6.61 Å². The number of carbonyl (C=O) groups is 1. The Morgan fingerprint density at radius 3 is 1.56 bits per heavy atom. The van der Waals surface area contributed by atoms with Crippen LogP contribution in [0.25, 0.3) is 0 Å². The lowest BCUT2D eigenvalue weighted by molar-refractivity contribution is -0.153. The third kappa shape index (κ3) is 36.1. The van der Waals surface area contributed by atoms with Gasteiger partial charge in [0.15, 0.2) is 6.10 Å². The number of phosphoric ester groups is 1. The molecule has 0 fully saturated rings. The fourth-order valence-corrected chi connectivity index (χ4v) is 6.25. The van der Waals surface area contributed by atoms with Gasteiger partial charge in [-0.1, -0.05) is 148 Å². The van der Waals surface area contributed by atoms with E-state index in [4.69, 9.17) is 24.3 Å². The molecule has 0 aliphatic carbocycles. The van der Waals surface area contributed by atoms with Crippen LogP contribution in [0.3, 0.4) is 0 Å². The number of phosphoric acid groups is 1. The van der Waals surface area contributed by atoms with Crippen LogP contribution in [-0.2, 0) is 27.9 Å². The van der Waals surface area contributed by atoms with Crippen LogP contribution in [0.1, 0.15) is 187 Å². The molecule has 0 heterocycles. The average molecular weight is 702 g/mol. The second kappa shape index (κ2) is 37.1. The van der Waals surface area contributed by atoms with Gasteiger partial charge in [-0.25, -0.2) is 4.57 Å². The molecule has 2 atom stereocenters. The fraction of sp³-hybridized carbons (Fsp3) is 0.872. The van der Waals surface area contributed by atoms with E-state index < -0.39 is 13.9 Å². The number of esters is 1. The van der Waals surface area contributed by atoms with Crippen molar-refractivity contribution < 1.29 is 32.8 Å². The van der Waals surface area contributed by atoms with E-state index in [-0.39, 0.29) is 32.3 Å². The first-order valence-electron chi connectivity index (χ1n) is 19.9. The third-order valence-electron chi connectivity index (χ3n) is 8.44. The summed E-state index contributed by atoms with van der Waals surface area (Å²) >= 11 is 0. The molecule has 9 heteroatoms. The van der Waals surface area contributed by atoms with Gasteiger partial charge in [0.2, 0.25) is 0 Å². The Morgan fingerprint density at radius 1 is 0.625 bits per heavy atom. The molecule has 0 aromatic heterocycles. The summed E-state index contributed by atoms with van der Waals surface area (Å²) in [6.45, 7) is 4.23. The van der Waals surface area contributed by atoms with E-state index in [2.05, 4.69) is 26.0 Å². The Morgan fingerprint density at radius 2 is 1.06 bits per heavy atom. The van der Waals surface area contributed by atoms with Crippen molar-refractivity contribution in [2.75, 3.05) is 26.4 Å². The number of unbranched alkanes of at least 4 members (excludes halogenated alkanes) is 23. The third-order valence-corrected chi connectivity index (χ3v) is 9.42. The Bertz CT molecular complexity index is 792. The molecule has 0 rings (SSSR count). The zero-order chi connectivity index (χ0) is 35.2. The second-order valence-electron chi connectivity index (χ2n) is 13.2. The van der Waals surface area contributed by atoms with Crippen molar-refractivity contribution in [3.05, 3.63) is 24.5 Å². The zero-order valence-electron chi connectivity index (χ0n) is 31.2.